The molecule has 2 heteroatoms. The van der Waals surface area contributed by atoms with Gasteiger partial charge < -0.3 is 9.30 Å². The third-order valence-corrected chi connectivity index (χ3v) is 4.92. The van der Waals surface area contributed by atoms with Gasteiger partial charge in [-0.25, -0.2) is 0 Å². The Hall–Kier alpha value is -2.74. The van der Waals surface area contributed by atoms with E-state index >= 15 is 0 Å². The van der Waals surface area contributed by atoms with Gasteiger partial charge in [0.05, 0.1) is 12.6 Å². The van der Waals surface area contributed by atoms with Crippen LogP contribution in [0.25, 0.3) is 32.8 Å². The van der Waals surface area contributed by atoms with Crippen LogP contribution in [0.4, 0.5) is 0 Å². The molecule has 3 aromatic carbocycles. The first-order valence-corrected chi connectivity index (χ1v) is 8.97. The van der Waals surface area contributed by atoms with Gasteiger partial charge in [-0.2, -0.15) is 0 Å². The van der Waals surface area contributed by atoms with Gasteiger partial charge in [-0.3, -0.25) is 0 Å². The highest BCUT2D eigenvalue weighted by molar-refractivity contribution is 6.05. The summed E-state index contributed by atoms with van der Waals surface area (Å²) in [6.45, 7) is 3.27. The molecule has 0 aliphatic carbocycles. The summed E-state index contributed by atoms with van der Waals surface area (Å²) < 4.78 is 7.83. The van der Waals surface area contributed by atoms with Crippen molar-refractivity contribution in [3.8, 4) is 16.9 Å². The van der Waals surface area contributed by atoms with E-state index in [9.17, 15) is 0 Å². The van der Waals surface area contributed by atoms with Crippen molar-refractivity contribution in [3.05, 3.63) is 66.9 Å². The fourth-order valence-electron chi connectivity index (χ4n) is 3.59. The van der Waals surface area contributed by atoms with Gasteiger partial charge in [0.25, 0.3) is 0 Å². The van der Waals surface area contributed by atoms with Crippen LogP contribution in [0.2, 0.25) is 0 Å². The fourth-order valence-corrected chi connectivity index (χ4v) is 3.59. The third kappa shape index (κ3) is 2.78. The first-order valence-electron chi connectivity index (χ1n) is 8.97. The van der Waals surface area contributed by atoms with Gasteiger partial charge in [0.15, 0.2) is 0 Å². The number of aromatic nitrogens is 1. The SMILES string of the molecule is CCCCn1cc(-c2cccc3ccccc23)c2ccc(OC)cc21. The maximum atomic E-state index is 5.45. The quantitative estimate of drug-likeness (QED) is 0.421. The zero-order valence-electron chi connectivity index (χ0n) is 14.8. The predicted octanol–water partition coefficient (Wildman–Crippen LogP) is 6.27. The standard InChI is InChI=1S/C23H23NO/c1-3-4-14-24-16-22(21-13-12-18(25-2)15-23(21)24)20-11-7-9-17-8-5-6-10-19(17)20/h5-13,15-16H,3-4,14H2,1-2H3. The van der Waals surface area contributed by atoms with E-state index in [2.05, 4.69) is 78.4 Å². The highest BCUT2D eigenvalue weighted by Crippen LogP contribution is 2.36. The molecule has 0 fully saturated rings. The smallest absolute Gasteiger partial charge is 0.120 e. The minimum Gasteiger partial charge on any atom is -0.497 e. The van der Waals surface area contributed by atoms with Gasteiger partial charge in [0.1, 0.15) is 5.75 Å². The monoisotopic (exact) mass is 329 g/mol. The van der Waals surface area contributed by atoms with Crippen LogP contribution in [0.5, 0.6) is 5.75 Å². The van der Waals surface area contributed by atoms with Crippen LogP contribution in [-0.2, 0) is 6.54 Å². The topological polar surface area (TPSA) is 14.2 Å². The number of nitrogens with zero attached hydrogens (tertiary/aromatic N) is 1. The molecule has 25 heavy (non-hydrogen) atoms. The molecule has 0 aliphatic heterocycles. The van der Waals surface area contributed by atoms with Crippen molar-refractivity contribution in [2.24, 2.45) is 0 Å². The van der Waals surface area contributed by atoms with Crippen molar-refractivity contribution in [2.75, 3.05) is 7.11 Å². The molecule has 1 aromatic heterocycles. The van der Waals surface area contributed by atoms with Crippen LogP contribution in [-0.4, -0.2) is 11.7 Å². The molecule has 0 saturated heterocycles. The van der Waals surface area contributed by atoms with Crippen LogP contribution < -0.4 is 4.74 Å². The highest BCUT2D eigenvalue weighted by Gasteiger charge is 2.13. The number of unbranched alkanes of at least 4 members (excludes halogenated alkanes) is 1. The Morgan fingerprint density at radius 3 is 2.56 bits per heavy atom. The molecule has 0 saturated carbocycles. The zero-order valence-corrected chi connectivity index (χ0v) is 14.8. The number of fused-ring (bicyclic) bond motifs is 2. The fraction of sp³-hybridized carbons (Fsp3) is 0.217. The predicted molar refractivity (Wildman–Crippen MR) is 106 cm³/mol. The van der Waals surface area contributed by atoms with Gasteiger partial charge in [-0.15, -0.1) is 0 Å². The number of ether oxygens (including phenoxy) is 1. The van der Waals surface area contributed by atoms with Crippen molar-refractivity contribution in [1.29, 1.82) is 0 Å². The van der Waals surface area contributed by atoms with E-state index in [0.717, 1.165) is 12.3 Å². The molecule has 1 heterocycles. The van der Waals surface area contributed by atoms with E-state index in [0.29, 0.717) is 0 Å². The Balaban J connectivity index is 1.97. The van der Waals surface area contributed by atoms with Crippen LogP contribution >= 0.6 is 0 Å². The van der Waals surface area contributed by atoms with Crippen molar-refractivity contribution in [3.63, 3.8) is 0 Å². The highest BCUT2D eigenvalue weighted by atomic mass is 16.5. The van der Waals surface area contributed by atoms with Crippen molar-refractivity contribution >= 4 is 21.7 Å². The summed E-state index contributed by atoms with van der Waals surface area (Å²) in [4.78, 5) is 0. The third-order valence-electron chi connectivity index (χ3n) is 4.92. The lowest BCUT2D eigenvalue weighted by atomic mass is 9.98. The lowest BCUT2D eigenvalue weighted by Gasteiger charge is -2.06. The maximum Gasteiger partial charge on any atom is 0.120 e. The molecule has 2 nitrogen and oxygen atoms in total. The molecule has 0 aliphatic rings. The zero-order chi connectivity index (χ0) is 17.2. The number of methoxy groups -OCH3 is 1. The Morgan fingerprint density at radius 2 is 1.72 bits per heavy atom. The Kier molecular flexibility index (Phi) is 4.19. The minimum absolute atomic E-state index is 0.910. The second kappa shape index (κ2) is 6.64. The van der Waals surface area contributed by atoms with Gasteiger partial charge in [-0.05, 0) is 34.9 Å². The summed E-state index contributed by atoms with van der Waals surface area (Å²) in [6.07, 6.45) is 4.67. The first-order chi connectivity index (χ1) is 12.3. The first kappa shape index (κ1) is 15.8. The Bertz CT molecular complexity index is 1020. The second-order valence-corrected chi connectivity index (χ2v) is 6.50. The van der Waals surface area contributed by atoms with E-state index in [1.54, 1.807) is 7.11 Å². The van der Waals surface area contributed by atoms with Crippen molar-refractivity contribution in [1.82, 2.24) is 4.57 Å². The molecular formula is C23H23NO. The lowest BCUT2D eigenvalue weighted by molar-refractivity contribution is 0.415. The summed E-state index contributed by atoms with van der Waals surface area (Å²) in [5.74, 6) is 0.910. The molecular weight excluding hydrogens is 306 g/mol. The van der Waals surface area contributed by atoms with Gasteiger partial charge in [0, 0.05) is 29.8 Å². The van der Waals surface area contributed by atoms with E-state index in [1.165, 1.54) is 45.6 Å². The summed E-state index contributed by atoms with van der Waals surface area (Å²) in [7, 11) is 1.73. The van der Waals surface area contributed by atoms with E-state index in [1.807, 2.05) is 0 Å². The van der Waals surface area contributed by atoms with Crippen LogP contribution in [0.15, 0.2) is 66.9 Å². The molecule has 0 N–H and O–H groups in total. The number of hydrogen-bond acceptors (Lipinski definition) is 1. The number of rotatable bonds is 5. The molecule has 126 valence electrons. The average Bonchev–Trinajstić information content (AvgIpc) is 3.03. The van der Waals surface area contributed by atoms with Crippen LogP contribution in [0.3, 0.4) is 0 Å². The summed E-state index contributed by atoms with van der Waals surface area (Å²) >= 11 is 0. The molecule has 0 spiro atoms. The van der Waals surface area contributed by atoms with Gasteiger partial charge in [-0.1, -0.05) is 55.8 Å². The summed E-state index contributed by atoms with van der Waals surface area (Å²) in [5, 5.41) is 3.87. The number of aryl methyl sites for hydroxylation is 1. The average molecular weight is 329 g/mol. The molecule has 4 rings (SSSR count). The van der Waals surface area contributed by atoms with E-state index in [-0.39, 0.29) is 0 Å². The normalized spacial score (nSPS) is 11.3. The second-order valence-electron chi connectivity index (χ2n) is 6.50. The van der Waals surface area contributed by atoms with Crippen LogP contribution in [0.1, 0.15) is 19.8 Å². The minimum atomic E-state index is 0.910. The van der Waals surface area contributed by atoms with Crippen molar-refractivity contribution < 1.29 is 4.74 Å². The molecule has 0 unspecified atom stereocenters. The number of hydrogen-bond donors (Lipinski definition) is 0. The molecule has 0 atom stereocenters. The summed E-state index contributed by atoms with van der Waals surface area (Å²) in [6, 6.07) is 21.6. The molecule has 4 aromatic rings. The Labute approximate surface area is 148 Å². The largest absolute Gasteiger partial charge is 0.497 e. The van der Waals surface area contributed by atoms with Crippen LogP contribution in [0, 0.1) is 0 Å². The molecule has 0 amide bonds. The van der Waals surface area contributed by atoms with Gasteiger partial charge in [0.2, 0.25) is 0 Å². The Morgan fingerprint density at radius 1 is 0.880 bits per heavy atom. The van der Waals surface area contributed by atoms with E-state index < -0.39 is 0 Å². The lowest BCUT2D eigenvalue weighted by Crippen LogP contribution is -1.95. The van der Waals surface area contributed by atoms with E-state index in [4.69, 9.17) is 4.74 Å². The molecule has 0 bridgehead atoms. The summed E-state index contributed by atoms with van der Waals surface area (Å²) in [5.41, 5.74) is 3.84. The van der Waals surface area contributed by atoms with Gasteiger partial charge >= 0.3 is 0 Å². The maximum absolute atomic E-state index is 5.45. The van der Waals surface area contributed by atoms with Crippen molar-refractivity contribution in [2.45, 2.75) is 26.3 Å². The number of benzene rings is 3. The molecule has 0 radical (unpaired) electrons.